The average Bonchev–Trinajstić information content (AvgIpc) is 2.66. The molecule has 1 aliphatic rings. The van der Waals surface area contributed by atoms with Crippen molar-refractivity contribution in [3.05, 3.63) is 17.7 Å². The normalized spacial score (nSPS) is 15.8. The van der Waals surface area contributed by atoms with Crippen LogP contribution in [0, 0.1) is 0 Å². The first kappa shape index (κ1) is 19.4. The number of likely N-dealkylation sites (tertiary alicyclic amines) is 1. The highest BCUT2D eigenvalue weighted by Gasteiger charge is 2.31. The minimum Gasteiger partial charge on any atom is -0.493 e. The Morgan fingerprint density at radius 3 is 2.00 bits per heavy atom. The molecule has 1 aromatic rings. The van der Waals surface area contributed by atoms with Gasteiger partial charge in [-0.05, 0) is 25.0 Å². The van der Waals surface area contributed by atoms with Gasteiger partial charge >= 0.3 is 0 Å². The van der Waals surface area contributed by atoms with E-state index in [1.54, 1.807) is 24.0 Å². The van der Waals surface area contributed by atoms with Crippen molar-refractivity contribution in [2.75, 3.05) is 40.2 Å². The lowest BCUT2D eigenvalue weighted by atomic mass is 10.1. The maximum absolute atomic E-state index is 12.8. The number of sulfone groups is 1. The van der Waals surface area contributed by atoms with Crippen LogP contribution in [0.5, 0.6) is 17.2 Å². The smallest absolute Gasteiger partial charge is 0.254 e. The van der Waals surface area contributed by atoms with Gasteiger partial charge in [0.2, 0.25) is 5.75 Å². The van der Waals surface area contributed by atoms with Crippen molar-refractivity contribution in [2.45, 2.75) is 25.0 Å². The van der Waals surface area contributed by atoms with E-state index in [0.717, 1.165) is 0 Å². The van der Waals surface area contributed by atoms with Crippen LogP contribution in [0.3, 0.4) is 0 Å². The summed E-state index contributed by atoms with van der Waals surface area (Å²) in [6, 6.07) is 3.22. The van der Waals surface area contributed by atoms with Crippen LogP contribution in [-0.2, 0) is 9.84 Å². The van der Waals surface area contributed by atoms with E-state index in [9.17, 15) is 13.2 Å². The van der Waals surface area contributed by atoms with E-state index in [0.29, 0.717) is 48.7 Å². The predicted octanol–water partition coefficient (Wildman–Crippen LogP) is 1.75. The van der Waals surface area contributed by atoms with Gasteiger partial charge in [0.25, 0.3) is 5.91 Å². The van der Waals surface area contributed by atoms with Gasteiger partial charge in [-0.1, -0.05) is 6.92 Å². The Morgan fingerprint density at radius 2 is 1.60 bits per heavy atom. The van der Waals surface area contributed by atoms with Crippen LogP contribution in [0.15, 0.2) is 12.1 Å². The Morgan fingerprint density at radius 1 is 1.08 bits per heavy atom. The summed E-state index contributed by atoms with van der Waals surface area (Å²) < 4.78 is 39.8. The van der Waals surface area contributed by atoms with Gasteiger partial charge in [0.1, 0.15) is 0 Å². The van der Waals surface area contributed by atoms with Gasteiger partial charge in [0, 0.05) is 24.4 Å². The number of hydrogen-bond acceptors (Lipinski definition) is 6. The standard InChI is InChI=1S/C17H25NO6S/c1-5-25(20,21)13-6-8-18(9-7-13)17(19)12-10-14(22-2)16(24-4)15(11-12)23-3/h10-11,13H,5-9H2,1-4H3. The molecule has 0 atom stereocenters. The monoisotopic (exact) mass is 371 g/mol. The van der Waals surface area contributed by atoms with E-state index < -0.39 is 9.84 Å². The molecule has 1 aromatic carbocycles. The molecule has 140 valence electrons. The largest absolute Gasteiger partial charge is 0.493 e. The molecule has 8 heteroatoms. The molecule has 7 nitrogen and oxygen atoms in total. The fourth-order valence-corrected chi connectivity index (χ4v) is 4.44. The van der Waals surface area contributed by atoms with Gasteiger partial charge in [-0.15, -0.1) is 0 Å². The number of benzene rings is 1. The summed E-state index contributed by atoms with van der Waals surface area (Å²) in [4.78, 5) is 14.5. The van der Waals surface area contributed by atoms with Crippen LogP contribution >= 0.6 is 0 Å². The van der Waals surface area contributed by atoms with Crippen molar-refractivity contribution in [1.82, 2.24) is 4.90 Å². The first-order valence-corrected chi connectivity index (χ1v) is 9.90. The van der Waals surface area contributed by atoms with Crippen molar-refractivity contribution in [3.63, 3.8) is 0 Å². The Balaban J connectivity index is 2.19. The number of piperidine rings is 1. The lowest BCUT2D eigenvalue weighted by Gasteiger charge is -2.31. The lowest BCUT2D eigenvalue weighted by molar-refractivity contribution is 0.0725. The van der Waals surface area contributed by atoms with Gasteiger partial charge in [0.05, 0.1) is 26.6 Å². The quantitative estimate of drug-likeness (QED) is 0.758. The third-order valence-electron chi connectivity index (χ3n) is 4.55. The molecule has 2 rings (SSSR count). The van der Waals surface area contributed by atoms with Crippen molar-refractivity contribution >= 4 is 15.7 Å². The fourth-order valence-electron chi connectivity index (χ4n) is 3.04. The van der Waals surface area contributed by atoms with Crippen LogP contribution in [0.1, 0.15) is 30.1 Å². The van der Waals surface area contributed by atoms with Crippen molar-refractivity contribution < 1.29 is 27.4 Å². The molecule has 0 aromatic heterocycles. The Bertz CT molecular complexity index is 698. The highest BCUT2D eigenvalue weighted by molar-refractivity contribution is 7.92. The van der Waals surface area contributed by atoms with Gasteiger partial charge in [-0.25, -0.2) is 8.42 Å². The summed E-state index contributed by atoms with van der Waals surface area (Å²) in [6.07, 6.45) is 0.929. The van der Waals surface area contributed by atoms with Crippen LogP contribution < -0.4 is 14.2 Å². The second-order valence-electron chi connectivity index (χ2n) is 5.86. The second kappa shape index (κ2) is 7.95. The molecule has 1 fully saturated rings. The topological polar surface area (TPSA) is 82.1 Å². The summed E-state index contributed by atoms with van der Waals surface area (Å²) in [5.41, 5.74) is 0.422. The van der Waals surface area contributed by atoms with E-state index >= 15 is 0 Å². The SMILES string of the molecule is CCS(=O)(=O)C1CCN(C(=O)c2cc(OC)c(OC)c(OC)c2)CC1. The van der Waals surface area contributed by atoms with Gasteiger partial charge in [-0.3, -0.25) is 4.79 Å². The van der Waals surface area contributed by atoms with Crippen molar-refractivity contribution in [3.8, 4) is 17.2 Å². The maximum Gasteiger partial charge on any atom is 0.254 e. The molecule has 1 saturated heterocycles. The number of carbonyl (C=O) groups is 1. The number of rotatable bonds is 6. The summed E-state index contributed by atoms with van der Waals surface area (Å²) >= 11 is 0. The maximum atomic E-state index is 12.8. The van der Waals surface area contributed by atoms with E-state index in [1.807, 2.05) is 0 Å². The molecular formula is C17H25NO6S. The number of methoxy groups -OCH3 is 3. The summed E-state index contributed by atoms with van der Waals surface area (Å²) in [6.45, 7) is 2.49. The molecule has 1 amide bonds. The van der Waals surface area contributed by atoms with Gasteiger partial charge in [-0.2, -0.15) is 0 Å². The number of amides is 1. The van der Waals surface area contributed by atoms with Gasteiger partial charge < -0.3 is 19.1 Å². The summed E-state index contributed by atoms with van der Waals surface area (Å²) in [7, 11) is 1.43. The van der Waals surface area contributed by atoms with E-state index in [4.69, 9.17) is 14.2 Å². The molecule has 0 N–H and O–H groups in total. The zero-order chi connectivity index (χ0) is 18.6. The molecular weight excluding hydrogens is 346 g/mol. The average molecular weight is 371 g/mol. The van der Waals surface area contributed by atoms with Crippen LogP contribution in [0.25, 0.3) is 0 Å². The number of nitrogens with zero attached hydrogens (tertiary/aromatic N) is 1. The molecule has 1 aliphatic heterocycles. The first-order valence-electron chi connectivity index (χ1n) is 8.18. The molecule has 25 heavy (non-hydrogen) atoms. The van der Waals surface area contributed by atoms with E-state index in [2.05, 4.69) is 0 Å². The minimum absolute atomic E-state index is 0.137. The van der Waals surface area contributed by atoms with Gasteiger partial charge in [0.15, 0.2) is 21.3 Å². The third-order valence-corrected chi connectivity index (χ3v) is 6.84. The predicted molar refractivity (Wildman–Crippen MR) is 94.5 cm³/mol. The summed E-state index contributed by atoms with van der Waals surface area (Å²) in [5.74, 6) is 1.21. The number of carbonyl (C=O) groups excluding carboxylic acids is 1. The van der Waals surface area contributed by atoms with Crippen molar-refractivity contribution in [1.29, 1.82) is 0 Å². The summed E-state index contributed by atoms with van der Waals surface area (Å²) in [5, 5.41) is -0.360. The number of hydrogen-bond donors (Lipinski definition) is 0. The Kier molecular flexibility index (Phi) is 6.16. The van der Waals surface area contributed by atoms with E-state index in [-0.39, 0.29) is 16.9 Å². The molecule has 0 bridgehead atoms. The fraction of sp³-hybridized carbons (Fsp3) is 0.588. The van der Waals surface area contributed by atoms with Crippen LogP contribution in [-0.4, -0.2) is 64.6 Å². The molecule has 0 unspecified atom stereocenters. The zero-order valence-electron chi connectivity index (χ0n) is 15.1. The molecule has 0 saturated carbocycles. The highest BCUT2D eigenvalue weighted by Crippen LogP contribution is 2.38. The van der Waals surface area contributed by atoms with Crippen LogP contribution in [0.2, 0.25) is 0 Å². The van der Waals surface area contributed by atoms with Crippen molar-refractivity contribution in [2.24, 2.45) is 0 Å². The molecule has 0 spiro atoms. The second-order valence-corrected chi connectivity index (χ2v) is 8.43. The highest BCUT2D eigenvalue weighted by atomic mass is 32.2. The lowest BCUT2D eigenvalue weighted by Crippen LogP contribution is -2.42. The zero-order valence-corrected chi connectivity index (χ0v) is 15.9. The molecule has 0 radical (unpaired) electrons. The van der Waals surface area contributed by atoms with Crippen LogP contribution in [0.4, 0.5) is 0 Å². The Labute approximate surface area is 148 Å². The molecule has 1 heterocycles. The minimum atomic E-state index is -3.06. The Hall–Kier alpha value is -1.96. The number of ether oxygens (including phenoxy) is 3. The first-order chi connectivity index (χ1) is 11.9. The third kappa shape index (κ3) is 4.00. The van der Waals surface area contributed by atoms with E-state index in [1.165, 1.54) is 21.3 Å². The molecule has 0 aliphatic carbocycles.